The topological polar surface area (TPSA) is 58.6 Å². The van der Waals surface area contributed by atoms with Crippen LogP contribution in [-0.4, -0.2) is 31.3 Å². The average Bonchev–Trinajstić information content (AvgIpc) is 2.43. The molecule has 19 heavy (non-hydrogen) atoms. The van der Waals surface area contributed by atoms with Crippen molar-refractivity contribution in [2.24, 2.45) is 0 Å². The Balaban J connectivity index is 2.36. The van der Waals surface area contributed by atoms with E-state index in [2.05, 4.69) is 5.32 Å². The Morgan fingerprint density at radius 3 is 2.74 bits per heavy atom. The normalized spacial score (nSPS) is 12.5. The van der Waals surface area contributed by atoms with E-state index >= 15 is 0 Å². The molecule has 0 bridgehead atoms. The van der Waals surface area contributed by atoms with E-state index < -0.39 is 12.0 Å². The fourth-order valence-corrected chi connectivity index (χ4v) is 2.14. The lowest BCUT2D eigenvalue weighted by Gasteiger charge is -2.16. The maximum atomic E-state index is 11.4. The van der Waals surface area contributed by atoms with Crippen molar-refractivity contribution in [3.63, 3.8) is 0 Å². The molecule has 0 spiro atoms. The van der Waals surface area contributed by atoms with Gasteiger partial charge >= 0.3 is 5.97 Å². The van der Waals surface area contributed by atoms with Gasteiger partial charge in [0.1, 0.15) is 6.04 Å². The van der Waals surface area contributed by atoms with Gasteiger partial charge < -0.3 is 9.84 Å². The first-order valence-electron chi connectivity index (χ1n) is 6.17. The summed E-state index contributed by atoms with van der Waals surface area (Å²) in [6.07, 6.45) is 0. The van der Waals surface area contributed by atoms with Gasteiger partial charge in [-0.3, -0.25) is 10.1 Å². The first kappa shape index (κ1) is 13.5. The van der Waals surface area contributed by atoms with E-state index in [0.717, 1.165) is 16.3 Å². The van der Waals surface area contributed by atoms with Gasteiger partial charge in [-0.25, -0.2) is 0 Å². The molecule has 0 aliphatic carbocycles. The highest BCUT2D eigenvalue weighted by atomic mass is 16.5. The van der Waals surface area contributed by atoms with Gasteiger partial charge in [0.05, 0.1) is 6.61 Å². The molecule has 100 valence electrons. The Morgan fingerprint density at radius 2 is 2.00 bits per heavy atom. The first-order chi connectivity index (χ1) is 9.24. The first-order valence-corrected chi connectivity index (χ1v) is 6.17. The molecule has 0 aliphatic rings. The Labute approximate surface area is 112 Å². The predicted molar refractivity (Wildman–Crippen MR) is 74.2 cm³/mol. The van der Waals surface area contributed by atoms with E-state index in [1.165, 1.54) is 0 Å². The van der Waals surface area contributed by atoms with Crippen LogP contribution in [0.3, 0.4) is 0 Å². The van der Waals surface area contributed by atoms with Crippen molar-refractivity contribution in [3.8, 4) is 0 Å². The zero-order valence-corrected chi connectivity index (χ0v) is 10.8. The molecular formula is C15H17NO3. The second-order valence-electron chi connectivity index (χ2n) is 4.29. The van der Waals surface area contributed by atoms with Crippen LogP contribution in [0.5, 0.6) is 0 Å². The van der Waals surface area contributed by atoms with Gasteiger partial charge in [0.15, 0.2) is 0 Å². The number of carboxylic acids is 1. The number of carbonyl (C=O) groups is 1. The van der Waals surface area contributed by atoms with E-state index in [4.69, 9.17) is 4.74 Å². The quantitative estimate of drug-likeness (QED) is 0.781. The van der Waals surface area contributed by atoms with Gasteiger partial charge in [0.2, 0.25) is 0 Å². The summed E-state index contributed by atoms with van der Waals surface area (Å²) >= 11 is 0. The van der Waals surface area contributed by atoms with Gasteiger partial charge in [-0.05, 0) is 16.3 Å². The van der Waals surface area contributed by atoms with Gasteiger partial charge in [0, 0.05) is 13.7 Å². The number of rotatable bonds is 6. The lowest BCUT2D eigenvalue weighted by atomic mass is 9.99. The summed E-state index contributed by atoms with van der Waals surface area (Å²) in [5.41, 5.74) is 0.779. The summed E-state index contributed by atoms with van der Waals surface area (Å²) in [4.78, 5) is 11.4. The van der Waals surface area contributed by atoms with Crippen molar-refractivity contribution in [3.05, 3.63) is 48.0 Å². The summed E-state index contributed by atoms with van der Waals surface area (Å²) in [7, 11) is 1.59. The molecule has 1 unspecified atom stereocenters. The van der Waals surface area contributed by atoms with Crippen LogP contribution in [0.25, 0.3) is 10.8 Å². The van der Waals surface area contributed by atoms with Crippen molar-refractivity contribution in [1.29, 1.82) is 0 Å². The van der Waals surface area contributed by atoms with E-state index in [0.29, 0.717) is 13.2 Å². The van der Waals surface area contributed by atoms with Crippen LogP contribution >= 0.6 is 0 Å². The molecule has 2 rings (SSSR count). The fraction of sp³-hybridized carbons (Fsp3) is 0.267. The number of hydrogen-bond donors (Lipinski definition) is 2. The number of benzene rings is 2. The van der Waals surface area contributed by atoms with E-state index in [9.17, 15) is 9.90 Å². The zero-order valence-electron chi connectivity index (χ0n) is 10.8. The molecule has 1 atom stereocenters. The fourth-order valence-electron chi connectivity index (χ4n) is 2.14. The number of fused-ring (bicyclic) bond motifs is 1. The van der Waals surface area contributed by atoms with Gasteiger partial charge in [-0.1, -0.05) is 42.5 Å². The van der Waals surface area contributed by atoms with Crippen LogP contribution in [0.1, 0.15) is 11.6 Å². The SMILES string of the molecule is COCCNC(C(=O)O)c1cccc2ccccc12. The zero-order chi connectivity index (χ0) is 13.7. The van der Waals surface area contributed by atoms with Crippen LogP contribution in [0.15, 0.2) is 42.5 Å². The lowest BCUT2D eigenvalue weighted by molar-refractivity contribution is -0.139. The molecular weight excluding hydrogens is 242 g/mol. The molecule has 0 saturated carbocycles. The smallest absolute Gasteiger partial charge is 0.325 e. The van der Waals surface area contributed by atoms with Gasteiger partial charge in [-0.2, -0.15) is 0 Å². The highest BCUT2D eigenvalue weighted by Gasteiger charge is 2.20. The summed E-state index contributed by atoms with van der Waals surface area (Å²) < 4.78 is 4.94. The molecule has 0 aromatic heterocycles. The third-order valence-electron chi connectivity index (χ3n) is 3.04. The van der Waals surface area contributed by atoms with Crippen molar-refractivity contribution < 1.29 is 14.6 Å². The molecule has 0 heterocycles. The molecule has 0 aliphatic heterocycles. The molecule has 0 radical (unpaired) electrons. The summed E-state index contributed by atoms with van der Waals surface area (Å²) in [5.74, 6) is -0.882. The van der Waals surface area contributed by atoms with Crippen molar-refractivity contribution in [2.45, 2.75) is 6.04 Å². The van der Waals surface area contributed by atoms with E-state index in [1.807, 2.05) is 42.5 Å². The second-order valence-corrected chi connectivity index (χ2v) is 4.29. The predicted octanol–water partition coefficient (Wildman–Crippen LogP) is 2.20. The molecule has 2 aromatic rings. The highest BCUT2D eigenvalue weighted by molar-refractivity contribution is 5.90. The number of hydrogen-bond acceptors (Lipinski definition) is 3. The summed E-state index contributed by atoms with van der Waals surface area (Å²) in [5, 5.41) is 14.4. The van der Waals surface area contributed by atoms with Gasteiger partial charge in [0.25, 0.3) is 0 Å². The van der Waals surface area contributed by atoms with E-state index in [-0.39, 0.29) is 0 Å². The lowest BCUT2D eigenvalue weighted by Crippen LogP contribution is -2.31. The Hall–Kier alpha value is -1.91. The summed E-state index contributed by atoms with van der Waals surface area (Å²) in [6.45, 7) is 0.977. The highest BCUT2D eigenvalue weighted by Crippen LogP contribution is 2.24. The molecule has 0 saturated heterocycles. The summed E-state index contributed by atoms with van der Waals surface area (Å²) in [6, 6.07) is 12.8. The van der Waals surface area contributed by atoms with Crippen LogP contribution < -0.4 is 5.32 Å². The Kier molecular flexibility index (Phi) is 4.49. The monoisotopic (exact) mass is 259 g/mol. The number of ether oxygens (including phenoxy) is 1. The Bertz CT molecular complexity index is 563. The minimum atomic E-state index is -0.882. The number of methoxy groups -OCH3 is 1. The van der Waals surface area contributed by atoms with Crippen LogP contribution in [0.4, 0.5) is 0 Å². The van der Waals surface area contributed by atoms with Crippen LogP contribution in [0.2, 0.25) is 0 Å². The average molecular weight is 259 g/mol. The maximum Gasteiger partial charge on any atom is 0.325 e. The number of aliphatic carboxylic acids is 1. The molecule has 2 aromatic carbocycles. The maximum absolute atomic E-state index is 11.4. The molecule has 4 nitrogen and oxygen atoms in total. The molecule has 0 amide bonds. The standard InChI is InChI=1S/C15H17NO3/c1-19-10-9-16-14(15(17)18)13-8-4-6-11-5-2-3-7-12(11)13/h2-8,14,16H,9-10H2,1H3,(H,17,18). The molecule has 2 N–H and O–H groups in total. The third kappa shape index (κ3) is 3.10. The minimum absolute atomic E-state index is 0.481. The van der Waals surface area contributed by atoms with Gasteiger partial charge in [-0.15, -0.1) is 0 Å². The Morgan fingerprint density at radius 1 is 1.26 bits per heavy atom. The van der Waals surface area contributed by atoms with Crippen molar-refractivity contribution >= 4 is 16.7 Å². The van der Waals surface area contributed by atoms with E-state index in [1.54, 1.807) is 7.11 Å². The molecule has 4 heteroatoms. The second kappa shape index (κ2) is 6.31. The number of nitrogens with one attached hydrogen (secondary N) is 1. The van der Waals surface area contributed by atoms with Crippen molar-refractivity contribution in [1.82, 2.24) is 5.32 Å². The van der Waals surface area contributed by atoms with Crippen LogP contribution in [-0.2, 0) is 9.53 Å². The number of carboxylic acid groups (broad SMARTS) is 1. The molecule has 0 fully saturated rings. The minimum Gasteiger partial charge on any atom is -0.480 e. The largest absolute Gasteiger partial charge is 0.480 e. The van der Waals surface area contributed by atoms with Crippen molar-refractivity contribution in [2.75, 3.05) is 20.3 Å². The third-order valence-corrected chi connectivity index (χ3v) is 3.04. The van der Waals surface area contributed by atoms with Crippen LogP contribution in [0, 0.1) is 0 Å².